The molecule has 3 rings (SSSR count). The lowest BCUT2D eigenvalue weighted by atomic mass is 9.78. The molecule has 0 bridgehead atoms. The van der Waals surface area contributed by atoms with Crippen LogP contribution in [0, 0.1) is 5.82 Å². The summed E-state index contributed by atoms with van der Waals surface area (Å²) >= 11 is 0. The van der Waals surface area contributed by atoms with Gasteiger partial charge in [-0.3, -0.25) is 4.90 Å². The van der Waals surface area contributed by atoms with Gasteiger partial charge < -0.3 is 9.84 Å². The Morgan fingerprint density at radius 2 is 1.88 bits per heavy atom. The number of alkyl halides is 3. The Kier molecular flexibility index (Phi) is 4.85. The van der Waals surface area contributed by atoms with Crippen molar-refractivity contribution in [2.45, 2.75) is 56.5 Å². The lowest BCUT2D eigenvalue weighted by Gasteiger charge is -2.48. The molecule has 25 heavy (non-hydrogen) atoms. The van der Waals surface area contributed by atoms with Gasteiger partial charge >= 0.3 is 6.18 Å². The summed E-state index contributed by atoms with van der Waals surface area (Å²) in [4.78, 5) is 2.02. The van der Waals surface area contributed by atoms with Crippen molar-refractivity contribution in [3.63, 3.8) is 0 Å². The van der Waals surface area contributed by atoms with Gasteiger partial charge in [-0.25, -0.2) is 4.39 Å². The van der Waals surface area contributed by atoms with E-state index in [0.29, 0.717) is 38.6 Å². The second kappa shape index (κ2) is 6.52. The fraction of sp³-hybridized carbons (Fsp3) is 0.667. The number of nitrogens with zero attached hydrogens (tertiary/aromatic N) is 1. The zero-order valence-corrected chi connectivity index (χ0v) is 14.2. The third kappa shape index (κ3) is 4.33. The van der Waals surface area contributed by atoms with Crippen molar-refractivity contribution >= 4 is 0 Å². The van der Waals surface area contributed by atoms with E-state index < -0.39 is 23.2 Å². The van der Waals surface area contributed by atoms with Crippen molar-refractivity contribution in [1.82, 2.24) is 4.90 Å². The monoisotopic (exact) mass is 361 g/mol. The third-order valence-corrected chi connectivity index (χ3v) is 5.29. The number of aliphatic hydroxyl groups is 1. The largest absolute Gasteiger partial charge is 0.416 e. The fourth-order valence-corrected chi connectivity index (χ4v) is 3.85. The molecule has 2 heterocycles. The summed E-state index contributed by atoms with van der Waals surface area (Å²) in [7, 11) is 0. The molecular formula is C18H23F4NO2. The average molecular weight is 361 g/mol. The molecule has 1 spiro atoms. The molecule has 1 aromatic carbocycles. The summed E-state index contributed by atoms with van der Waals surface area (Å²) in [5, 5.41) is 10.3. The van der Waals surface area contributed by atoms with Crippen molar-refractivity contribution in [2.24, 2.45) is 0 Å². The molecule has 2 aliphatic heterocycles. The minimum Gasteiger partial charge on any atom is -0.390 e. The number of likely N-dealkylation sites (tertiary alicyclic amines) is 1. The first-order valence-electron chi connectivity index (χ1n) is 8.53. The highest BCUT2D eigenvalue weighted by Crippen LogP contribution is 2.39. The van der Waals surface area contributed by atoms with E-state index in [2.05, 4.69) is 0 Å². The number of piperidine rings is 1. The molecule has 1 unspecified atom stereocenters. The molecule has 1 N–H and O–H groups in total. The topological polar surface area (TPSA) is 32.7 Å². The summed E-state index contributed by atoms with van der Waals surface area (Å²) in [5.41, 5.74) is -1.76. The van der Waals surface area contributed by atoms with Crippen LogP contribution in [0.4, 0.5) is 17.6 Å². The SMILES string of the molecule is CC1(O)CCOC2(CCN(Cc3ccc(C(F)(F)F)cc3F)CC2)C1. The number of halogens is 4. The first-order valence-corrected chi connectivity index (χ1v) is 8.53. The van der Waals surface area contributed by atoms with E-state index in [1.165, 1.54) is 6.07 Å². The van der Waals surface area contributed by atoms with Gasteiger partial charge in [0.05, 0.1) is 23.4 Å². The predicted octanol–water partition coefficient (Wildman–Crippen LogP) is 3.74. The smallest absolute Gasteiger partial charge is 0.390 e. The van der Waals surface area contributed by atoms with Crippen LogP contribution in [0.1, 0.15) is 43.7 Å². The van der Waals surface area contributed by atoms with E-state index in [1.54, 1.807) is 0 Å². The molecule has 0 aliphatic carbocycles. The Hall–Kier alpha value is -1.18. The van der Waals surface area contributed by atoms with Gasteiger partial charge in [0.25, 0.3) is 0 Å². The normalized spacial score (nSPS) is 27.6. The zero-order valence-electron chi connectivity index (χ0n) is 14.2. The minimum atomic E-state index is -4.54. The van der Waals surface area contributed by atoms with Gasteiger partial charge in [-0.15, -0.1) is 0 Å². The number of rotatable bonds is 2. The van der Waals surface area contributed by atoms with E-state index in [0.717, 1.165) is 18.9 Å². The van der Waals surface area contributed by atoms with E-state index in [-0.39, 0.29) is 17.7 Å². The number of hydrogen-bond acceptors (Lipinski definition) is 3. The molecule has 0 aromatic heterocycles. The lowest BCUT2D eigenvalue weighted by molar-refractivity contribution is -0.173. The van der Waals surface area contributed by atoms with Crippen LogP contribution in [0.15, 0.2) is 18.2 Å². The molecular weight excluding hydrogens is 338 g/mol. The highest BCUT2D eigenvalue weighted by Gasteiger charge is 2.44. The molecule has 0 saturated carbocycles. The van der Waals surface area contributed by atoms with Gasteiger partial charge in [0.15, 0.2) is 0 Å². The Bertz CT molecular complexity index is 622. The van der Waals surface area contributed by atoms with Crippen LogP contribution >= 0.6 is 0 Å². The maximum absolute atomic E-state index is 14.0. The maximum Gasteiger partial charge on any atom is 0.416 e. The van der Waals surface area contributed by atoms with E-state index in [9.17, 15) is 22.7 Å². The number of hydrogen-bond donors (Lipinski definition) is 1. The first-order chi connectivity index (χ1) is 11.6. The second-order valence-electron chi connectivity index (χ2n) is 7.54. The van der Waals surface area contributed by atoms with Gasteiger partial charge in [-0.2, -0.15) is 13.2 Å². The maximum atomic E-state index is 14.0. The second-order valence-corrected chi connectivity index (χ2v) is 7.54. The molecule has 2 saturated heterocycles. The summed E-state index contributed by atoms with van der Waals surface area (Å²) < 4.78 is 57.8. The van der Waals surface area contributed by atoms with Gasteiger partial charge in [-0.1, -0.05) is 6.07 Å². The van der Waals surface area contributed by atoms with E-state index >= 15 is 0 Å². The van der Waals surface area contributed by atoms with Crippen molar-refractivity contribution in [2.75, 3.05) is 19.7 Å². The third-order valence-electron chi connectivity index (χ3n) is 5.29. The summed E-state index contributed by atoms with van der Waals surface area (Å²) in [6.07, 6.45) is -1.87. The standard InChI is InChI=1S/C18H23F4NO2/c1-16(24)6-9-25-17(12-16)4-7-23(8-5-17)11-13-2-3-14(10-15(13)19)18(20,21)22/h2-3,10,24H,4-9,11-12H2,1H3. The van der Waals surface area contributed by atoms with Crippen molar-refractivity contribution in [1.29, 1.82) is 0 Å². The molecule has 1 atom stereocenters. The van der Waals surface area contributed by atoms with E-state index in [4.69, 9.17) is 4.74 Å². The van der Waals surface area contributed by atoms with Crippen LogP contribution in [0.2, 0.25) is 0 Å². The fourth-order valence-electron chi connectivity index (χ4n) is 3.85. The first kappa shape index (κ1) is 18.6. The van der Waals surface area contributed by atoms with Crippen molar-refractivity contribution < 1.29 is 27.4 Å². The van der Waals surface area contributed by atoms with Crippen LogP contribution in [0.25, 0.3) is 0 Å². The van der Waals surface area contributed by atoms with Gasteiger partial charge in [-0.05, 0) is 38.3 Å². The summed E-state index contributed by atoms with van der Waals surface area (Å²) in [6, 6.07) is 2.69. The summed E-state index contributed by atoms with van der Waals surface area (Å²) in [5.74, 6) is -0.827. The van der Waals surface area contributed by atoms with Gasteiger partial charge in [0, 0.05) is 31.6 Å². The quantitative estimate of drug-likeness (QED) is 0.815. The van der Waals surface area contributed by atoms with Crippen molar-refractivity contribution in [3.8, 4) is 0 Å². The van der Waals surface area contributed by atoms with Crippen LogP contribution in [-0.4, -0.2) is 40.9 Å². The van der Waals surface area contributed by atoms with Crippen LogP contribution in [0.3, 0.4) is 0 Å². The Labute approximate surface area is 144 Å². The molecule has 7 heteroatoms. The Morgan fingerprint density at radius 1 is 1.20 bits per heavy atom. The van der Waals surface area contributed by atoms with Crippen LogP contribution in [-0.2, 0) is 17.5 Å². The average Bonchev–Trinajstić information content (AvgIpc) is 2.49. The lowest BCUT2D eigenvalue weighted by Crippen LogP contribution is -2.53. The molecule has 2 fully saturated rings. The predicted molar refractivity (Wildman–Crippen MR) is 84.5 cm³/mol. The molecule has 3 nitrogen and oxygen atoms in total. The van der Waals surface area contributed by atoms with E-state index in [1.807, 2.05) is 11.8 Å². The minimum absolute atomic E-state index is 0.264. The molecule has 1 aromatic rings. The van der Waals surface area contributed by atoms with Gasteiger partial charge in [0.1, 0.15) is 5.82 Å². The molecule has 2 aliphatic rings. The number of ether oxygens (including phenoxy) is 1. The Balaban J connectivity index is 1.61. The highest BCUT2D eigenvalue weighted by molar-refractivity contribution is 5.26. The molecule has 0 amide bonds. The molecule has 0 radical (unpaired) electrons. The molecule has 140 valence electrons. The Morgan fingerprint density at radius 3 is 2.44 bits per heavy atom. The number of benzene rings is 1. The summed E-state index contributed by atoms with van der Waals surface area (Å²) in [6.45, 7) is 3.95. The van der Waals surface area contributed by atoms with Crippen molar-refractivity contribution in [3.05, 3.63) is 35.1 Å². The van der Waals surface area contributed by atoms with Gasteiger partial charge in [0.2, 0.25) is 0 Å². The zero-order chi connectivity index (χ0) is 18.3. The van der Waals surface area contributed by atoms with Crippen LogP contribution < -0.4 is 0 Å². The van der Waals surface area contributed by atoms with Crippen LogP contribution in [0.5, 0.6) is 0 Å². The highest BCUT2D eigenvalue weighted by atomic mass is 19.4.